The summed E-state index contributed by atoms with van der Waals surface area (Å²) >= 11 is 1.25. The van der Waals surface area contributed by atoms with Gasteiger partial charge >= 0.3 is 0 Å². The van der Waals surface area contributed by atoms with E-state index in [1.807, 2.05) is 50.2 Å². The molecule has 0 aliphatic carbocycles. The Labute approximate surface area is 132 Å². The van der Waals surface area contributed by atoms with E-state index in [4.69, 9.17) is 4.42 Å². The van der Waals surface area contributed by atoms with Gasteiger partial charge in [-0.2, -0.15) is 0 Å². The molecule has 6 heteroatoms. The van der Waals surface area contributed by atoms with E-state index in [1.165, 1.54) is 11.8 Å². The maximum atomic E-state index is 12.2. The first-order chi connectivity index (χ1) is 10.6. The standard InChI is InChI=1S/C16H15N3O2S/c1-10-8-13(11(2)17-10)14(20)9-22-16-19-18-15(21-16)12-6-4-3-5-7-12/h3-8,17H,9H2,1-2H3. The number of nitrogens with one attached hydrogen (secondary N) is 1. The van der Waals surface area contributed by atoms with Crippen molar-refractivity contribution in [1.82, 2.24) is 15.2 Å². The van der Waals surface area contributed by atoms with Crippen LogP contribution in [0.3, 0.4) is 0 Å². The normalized spacial score (nSPS) is 10.8. The van der Waals surface area contributed by atoms with Crippen molar-refractivity contribution in [1.29, 1.82) is 0 Å². The van der Waals surface area contributed by atoms with Gasteiger partial charge in [0.2, 0.25) is 5.89 Å². The molecule has 0 atom stereocenters. The first-order valence-corrected chi connectivity index (χ1v) is 7.83. The number of thioether (sulfide) groups is 1. The quantitative estimate of drug-likeness (QED) is 0.575. The number of hydrogen-bond donors (Lipinski definition) is 1. The van der Waals surface area contributed by atoms with E-state index in [0.717, 1.165) is 17.0 Å². The molecule has 0 amide bonds. The molecule has 0 radical (unpaired) electrons. The molecule has 0 saturated heterocycles. The summed E-state index contributed by atoms with van der Waals surface area (Å²) in [5.74, 6) is 0.782. The average molecular weight is 313 g/mol. The van der Waals surface area contributed by atoms with Crippen molar-refractivity contribution in [3.05, 3.63) is 53.3 Å². The summed E-state index contributed by atoms with van der Waals surface area (Å²) in [6.45, 7) is 3.83. The summed E-state index contributed by atoms with van der Waals surface area (Å²) < 4.78 is 5.57. The topological polar surface area (TPSA) is 71.8 Å². The Morgan fingerprint density at radius 3 is 2.68 bits per heavy atom. The fourth-order valence-corrected chi connectivity index (χ4v) is 2.83. The van der Waals surface area contributed by atoms with E-state index in [0.29, 0.717) is 16.7 Å². The summed E-state index contributed by atoms with van der Waals surface area (Å²) in [4.78, 5) is 15.3. The number of hydrogen-bond acceptors (Lipinski definition) is 5. The number of carbonyl (C=O) groups excluding carboxylic acids is 1. The highest BCUT2D eigenvalue weighted by atomic mass is 32.2. The summed E-state index contributed by atoms with van der Waals surface area (Å²) in [6, 6.07) is 11.4. The van der Waals surface area contributed by atoms with Gasteiger partial charge in [0.05, 0.1) is 5.75 Å². The third-order valence-corrected chi connectivity index (χ3v) is 4.02. The number of H-pyrrole nitrogens is 1. The largest absolute Gasteiger partial charge is 0.411 e. The predicted octanol–water partition coefficient (Wildman–Crippen LogP) is 3.66. The smallest absolute Gasteiger partial charge is 0.277 e. The predicted molar refractivity (Wildman–Crippen MR) is 85.1 cm³/mol. The fourth-order valence-electron chi connectivity index (χ4n) is 2.18. The van der Waals surface area contributed by atoms with E-state index < -0.39 is 0 Å². The molecule has 1 aromatic carbocycles. The van der Waals surface area contributed by atoms with Crippen molar-refractivity contribution in [2.45, 2.75) is 19.1 Å². The number of carbonyl (C=O) groups is 1. The summed E-state index contributed by atoms with van der Waals surface area (Å²) in [7, 11) is 0. The van der Waals surface area contributed by atoms with Crippen LogP contribution in [-0.2, 0) is 0 Å². The number of benzene rings is 1. The summed E-state index contributed by atoms with van der Waals surface area (Å²) in [5.41, 5.74) is 3.45. The number of aromatic amines is 1. The van der Waals surface area contributed by atoms with Crippen molar-refractivity contribution in [2.24, 2.45) is 0 Å². The monoisotopic (exact) mass is 313 g/mol. The fraction of sp³-hybridized carbons (Fsp3) is 0.188. The molecular formula is C16H15N3O2S. The molecule has 3 aromatic rings. The lowest BCUT2D eigenvalue weighted by atomic mass is 10.2. The zero-order chi connectivity index (χ0) is 15.5. The number of aryl methyl sites for hydroxylation is 2. The van der Waals surface area contributed by atoms with Gasteiger partial charge in [-0.25, -0.2) is 0 Å². The van der Waals surface area contributed by atoms with Crippen LogP contribution in [-0.4, -0.2) is 26.7 Å². The van der Waals surface area contributed by atoms with Gasteiger partial charge in [-0.15, -0.1) is 10.2 Å². The van der Waals surface area contributed by atoms with Gasteiger partial charge in [0, 0.05) is 22.5 Å². The molecule has 2 heterocycles. The Kier molecular flexibility index (Phi) is 4.11. The molecule has 0 spiro atoms. The zero-order valence-corrected chi connectivity index (χ0v) is 13.1. The second kappa shape index (κ2) is 6.19. The van der Waals surface area contributed by atoms with Gasteiger partial charge in [0.25, 0.3) is 5.22 Å². The Balaban J connectivity index is 1.66. The molecule has 0 aliphatic rings. The lowest BCUT2D eigenvalue weighted by Crippen LogP contribution is -2.02. The summed E-state index contributed by atoms with van der Waals surface area (Å²) in [6.07, 6.45) is 0. The Morgan fingerprint density at radius 2 is 2.00 bits per heavy atom. The van der Waals surface area contributed by atoms with Gasteiger partial charge in [-0.05, 0) is 32.0 Å². The van der Waals surface area contributed by atoms with Crippen LogP contribution in [0.25, 0.3) is 11.5 Å². The van der Waals surface area contributed by atoms with E-state index in [2.05, 4.69) is 15.2 Å². The highest BCUT2D eigenvalue weighted by Crippen LogP contribution is 2.24. The molecule has 1 N–H and O–H groups in total. The zero-order valence-electron chi connectivity index (χ0n) is 12.3. The van der Waals surface area contributed by atoms with Crippen LogP contribution in [0.2, 0.25) is 0 Å². The van der Waals surface area contributed by atoms with E-state index >= 15 is 0 Å². The van der Waals surface area contributed by atoms with Gasteiger partial charge < -0.3 is 9.40 Å². The number of Topliss-reactive ketones (excluding diaryl/α,β-unsaturated/α-hetero) is 1. The van der Waals surface area contributed by atoms with Crippen molar-refractivity contribution >= 4 is 17.5 Å². The molecule has 0 fully saturated rings. The van der Waals surface area contributed by atoms with Gasteiger partial charge in [0.1, 0.15) is 0 Å². The van der Waals surface area contributed by atoms with E-state index in [1.54, 1.807) is 0 Å². The van der Waals surface area contributed by atoms with E-state index in [-0.39, 0.29) is 11.5 Å². The second-order valence-electron chi connectivity index (χ2n) is 4.94. The van der Waals surface area contributed by atoms with Crippen LogP contribution in [0.4, 0.5) is 0 Å². The maximum Gasteiger partial charge on any atom is 0.277 e. The maximum absolute atomic E-state index is 12.2. The number of ketones is 1. The van der Waals surface area contributed by atoms with Gasteiger partial charge in [0.15, 0.2) is 5.78 Å². The highest BCUT2D eigenvalue weighted by molar-refractivity contribution is 7.99. The first-order valence-electron chi connectivity index (χ1n) is 6.84. The molecule has 22 heavy (non-hydrogen) atoms. The lowest BCUT2D eigenvalue weighted by Gasteiger charge is -1.97. The molecule has 0 bridgehead atoms. The number of aromatic nitrogens is 3. The second-order valence-corrected chi connectivity index (χ2v) is 5.87. The summed E-state index contributed by atoms with van der Waals surface area (Å²) in [5, 5.41) is 8.38. The molecular weight excluding hydrogens is 298 g/mol. The van der Waals surface area contributed by atoms with Crippen molar-refractivity contribution in [3.8, 4) is 11.5 Å². The third kappa shape index (κ3) is 3.12. The van der Waals surface area contributed by atoms with Crippen LogP contribution in [0, 0.1) is 13.8 Å². The average Bonchev–Trinajstić information content (AvgIpc) is 3.12. The number of nitrogens with zero attached hydrogens (tertiary/aromatic N) is 2. The Hall–Kier alpha value is -2.34. The van der Waals surface area contributed by atoms with Gasteiger partial charge in [-0.1, -0.05) is 30.0 Å². The number of rotatable bonds is 5. The molecule has 0 unspecified atom stereocenters. The van der Waals surface area contributed by atoms with E-state index in [9.17, 15) is 4.79 Å². The minimum Gasteiger partial charge on any atom is -0.411 e. The molecule has 3 rings (SSSR count). The Morgan fingerprint density at radius 1 is 1.23 bits per heavy atom. The van der Waals surface area contributed by atoms with Crippen LogP contribution in [0.5, 0.6) is 0 Å². The van der Waals surface area contributed by atoms with Crippen molar-refractivity contribution < 1.29 is 9.21 Å². The van der Waals surface area contributed by atoms with Crippen LogP contribution < -0.4 is 0 Å². The molecule has 2 aromatic heterocycles. The first kappa shape index (κ1) is 14.6. The Bertz CT molecular complexity index is 793. The minimum atomic E-state index is 0.0475. The highest BCUT2D eigenvalue weighted by Gasteiger charge is 2.15. The molecule has 0 aliphatic heterocycles. The van der Waals surface area contributed by atoms with Crippen LogP contribution >= 0.6 is 11.8 Å². The molecule has 5 nitrogen and oxygen atoms in total. The molecule has 0 saturated carbocycles. The van der Waals surface area contributed by atoms with Crippen LogP contribution in [0.1, 0.15) is 21.7 Å². The van der Waals surface area contributed by atoms with Crippen LogP contribution in [0.15, 0.2) is 46.0 Å². The molecule has 112 valence electrons. The SMILES string of the molecule is Cc1cc(C(=O)CSc2nnc(-c3ccccc3)o2)c(C)[nH]1. The lowest BCUT2D eigenvalue weighted by molar-refractivity contribution is 0.102. The third-order valence-electron chi connectivity index (χ3n) is 3.20. The van der Waals surface area contributed by atoms with Crippen molar-refractivity contribution in [3.63, 3.8) is 0 Å². The van der Waals surface area contributed by atoms with Crippen molar-refractivity contribution in [2.75, 3.05) is 5.75 Å². The minimum absolute atomic E-state index is 0.0475. The van der Waals surface area contributed by atoms with Gasteiger partial charge in [-0.3, -0.25) is 4.79 Å².